The fourth-order valence-corrected chi connectivity index (χ4v) is 3.16. The molecule has 0 radical (unpaired) electrons. The van der Waals surface area contributed by atoms with Gasteiger partial charge in [-0.1, -0.05) is 12.1 Å². The minimum Gasteiger partial charge on any atom is -0.378 e. The van der Waals surface area contributed by atoms with Crippen LogP contribution in [0.1, 0.15) is 18.9 Å². The van der Waals surface area contributed by atoms with Crippen LogP contribution in [-0.4, -0.2) is 54.5 Å². The van der Waals surface area contributed by atoms with Crippen molar-refractivity contribution in [2.24, 2.45) is 0 Å². The number of nitrogens with one attached hydrogen (secondary N) is 1. The first-order valence-corrected chi connectivity index (χ1v) is 9.49. The molecule has 148 valence electrons. The van der Waals surface area contributed by atoms with Gasteiger partial charge in [0.15, 0.2) is 0 Å². The van der Waals surface area contributed by atoms with E-state index in [9.17, 15) is 9.59 Å². The Morgan fingerprint density at radius 1 is 1.14 bits per heavy atom. The summed E-state index contributed by atoms with van der Waals surface area (Å²) in [6, 6.07) is 11.5. The van der Waals surface area contributed by atoms with Crippen molar-refractivity contribution >= 4 is 23.2 Å². The molecule has 7 heteroatoms. The SMILES string of the molecule is CC(=O)N(CCC(=O)Nc1ccccc1N1CCOCC1)Cc1ccncc1. The lowest BCUT2D eigenvalue weighted by Crippen LogP contribution is -2.37. The molecule has 0 unspecified atom stereocenters. The molecule has 1 aliphatic rings. The van der Waals surface area contributed by atoms with Gasteiger partial charge >= 0.3 is 0 Å². The van der Waals surface area contributed by atoms with E-state index < -0.39 is 0 Å². The monoisotopic (exact) mass is 382 g/mol. The quantitative estimate of drug-likeness (QED) is 0.795. The van der Waals surface area contributed by atoms with Gasteiger partial charge in [-0.3, -0.25) is 14.6 Å². The fraction of sp³-hybridized carbons (Fsp3) is 0.381. The zero-order chi connectivity index (χ0) is 19.8. The number of rotatable bonds is 7. The number of aromatic nitrogens is 1. The number of pyridine rings is 1. The fourth-order valence-electron chi connectivity index (χ4n) is 3.16. The zero-order valence-electron chi connectivity index (χ0n) is 16.1. The van der Waals surface area contributed by atoms with Crippen molar-refractivity contribution in [1.82, 2.24) is 9.88 Å². The summed E-state index contributed by atoms with van der Waals surface area (Å²) in [6.45, 7) is 5.33. The largest absolute Gasteiger partial charge is 0.378 e. The van der Waals surface area contributed by atoms with Gasteiger partial charge in [0.2, 0.25) is 11.8 Å². The molecule has 0 saturated carbocycles. The van der Waals surface area contributed by atoms with Gasteiger partial charge < -0.3 is 19.9 Å². The van der Waals surface area contributed by atoms with Gasteiger partial charge in [0, 0.05) is 51.9 Å². The molecular weight excluding hydrogens is 356 g/mol. The maximum Gasteiger partial charge on any atom is 0.226 e. The molecule has 0 atom stereocenters. The number of benzene rings is 1. The third-order valence-corrected chi connectivity index (χ3v) is 4.71. The molecule has 1 N–H and O–H groups in total. The van der Waals surface area contributed by atoms with Crippen molar-refractivity contribution in [2.75, 3.05) is 43.1 Å². The Bertz CT molecular complexity index is 791. The molecule has 0 spiro atoms. The Hall–Kier alpha value is -2.93. The molecule has 0 bridgehead atoms. The van der Waals surface area contributed by atoms with Crippen molar-refractivity contribution in [2.45, 2.75) is 19.9 Å². The average molecular weight is 382 g/mol. The number of carbonyl (C=O) groups excluding carboxylic acids is 2. The summed E-state index contributed by atoms with van der Waals surface area (Å²) in [5.41, 5.74) is 2.78. The number of nitrogens with zero attached hydrogens (tertiary/aromatic N) is 3. The third kappa shape index (κ3) is 5.53. The van der Waals surface area contributed by atoms with Crippen LogP contribution in [-0.2, 0) is 20.9 Å². The molecule has 2 aromatic rings. The molecule has 1 fully saturated rings. The van der Waals surface area contributed by atoms with E-state index in [2.05, 4.69) is 15.2 Å². The molecule has 1 saturated heterocycles. The van der Waals surface area contributed by atoms with E-state index >= 15 is 0 Å². The summed E-state index contributed by atoms with van der Waals surface area (Å²) >= 11 is 0. The summed E-state index contributed by atoms with van der Waals surface area (Å²) < 4.78 is 5.41. The number of para-hydroxylation sites is 2. The van der Waals surface area contributed by atoms with E-state index in [0.29, 0.717) is 26.3 Å². The Morgan fingerprint density at radius 3 is 2.57 bits per heavy atom. The summed E-state index contributed by atoms with van der Waals surface area (Å²) in [6.07, 6.45) is 3.63. The first-order valence-electron chi connectivity index (χ1n) is 9.49. The lowest BCUT2D eigenvalue weighted by molar-refractivity contribution is -0.129. The van der Waals surface area contributed by atoms with Crippen LogP contribution in [0.5, 0.6) is 0 Å². The number of ether oxygens (including phenoxy) is 1. The number of carbonyl (C=O) groups is 2. The lowest BCUT2D eigenvalue weighted by Gasteiger charge is -2.30. The van der Waals surface area contributed by atoms with Crippen LogP contribution in [0.4, 0.5) is 11.4 Å². The van der Waals surface area contributed by atoms with Crippen LogP contribution < -0.4 is 10.2 Å². The third-order valence-electron chi connectivity index (χ3n) is 4.71. The highest BCUT2D eigenvalue weighted by atomic mass is 16.5. The maximum absolute atomic E-state index is 12.5. The van der Waals surface area contributed by atoms with Crippen molar-refractivity contribution in [3.8, 4) is 0 Å². The van der Waals surface area contributed by atoms with E-state index in [1.165, 1.54) is 6.92 Å². The van der Waals surface area contributed by atoms with E-state index in [1.807, 2.05) is 36.4 Å². The molecule has 1 aromatic carbocycles. The number of amides is 2. The van der Waals surface area contributed by atoms with Crippen LogP contribution in [0.3, 0.4) is 0 Å². The minimum absolute atomic E-state index is 0.0571. The second-order valence-corrected chi connectivity index (χ2v) is 6.71. The van der Waals surface area contributed by atoms with E-state index in [4.69, 9.17) is 4.74 Å². The normalized spacial score (nSPS) is 13.8. The highest BCUT2D eigenvalue weighted by Crippen LogP contribution is 2.26. The summed E-state index contributed by atoms with van der Waals surface area (Å²) in [7, 11) is 0. The molecular formula is C21H26N4O3. The first kappa shape index (κ1) is 19.8. The molecule has 2 amide bonds. The number of morpholine rings is 1. The summed E-state index contributed by atoms with van der Waals surface area (Å²) in [5.74, 6) is -0.167. The van der Waals surface area contributed by atoms with E-state index in [-0.39, 0.29) is 18.2 Å². The Morgan fingerprint density at radius 2 is 1.86 bits per heavy atom. The summed E-state index contributed by atoms with van der Waals surface area (Å²) in [5, 5.41) is 3.00. The maximum atomic E-state index is 12.5. The van der Waals surface area contributed by atoms with E-state index in [1.54, 1.807) is 17.3 Å². The van der Waals surface area contributed by atoms with Crippen molar-refractivity contribution in [3.63, 3.8) is 0 Å². The molecule has 3 rings (SSSR count). The lowest BCUT2D eigenvalue weighted by atomic mass is 10.2. The molecule has 1 aromatic heterocycles. The van der Waals surface area contributed by atoms with Crippen molar-refractivity contribution in [3.05, 3.63) is 54.4 Å². The number of hydrogen-bond donors (Lipinski definition) is 1. The molecule has 7 nitrogen and oxygen atoms in total. The van der Waals surface area contributed by atoms with Crippen LogP contribution in [0.25, 0.3) is 0 Å². The zero-order valence-corrected chi connectivity index (χ0v) is 16.1. The second-order valence-electron chi connectivity index (χ2n) is 6.71. The number of hydrogen-bond acceptors (Lipinski definition) is 5. The van der Waals surface area contributed by atoms with Gasteiger partial charge in [-0.05, 0) is 29.8 Å². The Labute approximate surface area is 165 Å². The van der Waals surface area contributed by atoms with Gasteiger partial charge in [-0.15, -0.1) is 0 Å². The van der Waals surface area contributed by atoms with Crippen LogP contribution in [0.15, 0.2) is 48.8 Å². The summed E-state index contributed by atoms with van der Waals surface area (Å²) in [4.78, 5) is 32.3. The molecule has 1 aliphatic heterocycles. The van der Waals surface area contributed by atoms with E-state index in [0.717, 1.165) is 30.0 Å². The predicted molar refractivity (Wildman–Crippen MR) is 108 cm³/mol. The Kier molecular flexibility index (Phi) is 6.97. The average Bonchev–Trinajstić information content (AvgIpc) is 2.72. The molecule has 0 aliphatic carbocycles. The Balaban J connectivity index is 1.58. The predicted octanol–water partition coefficient (Wildman–Crippen LogP) is 2.30. The van der Waals surface area contributed by atoms with Crippen molar-refractivity contribution < 1.29 is 14.3 Å². The minimum atomic E-state index is -0.110. The second kappa shape index (κ2) is 9.85. The first-order chi connectivity index (χ1) is 13.6. The van der Waals surface area contributed by atoms with Gasteiger partial charge in [0.25, 0.3) is 0 Å². The van der Waals surface area contributed by atoms with Gasteiger partial charge in [-0.25, -0.2) is 0 Å². The smallest absolute Gasteiger partial charge is 0.226 e. The van der Waals surface area contributed by atoms with Crippen LogP contribution in [0.2, 0.25) is 0 Å². The standard InChI is InChI=1S/C21H26N4O3/c1-17(26)25(16-18-6-9-22-10-7-18)11-8-21(27)23-19-4-2-3-5-20(19)24-12-14-28-15-13-24/h2-7,9-10H,8,11-16H2,1H3,(H,23,27). The molecule has 28 heavy (non-hydrogen) atoms. The van der Waals surface area contributed by atoms with Crippen molar-refractivity contribution in [1.29, 1.82) is 0 Å². The topological polar surface area (TPSA) is 74.8 Å². The number of anilines is 2. The molecule has 2 heterocycles. The van der Waals surface area contributed by atoms with Crippen LogP contribution >= 0.6 is 0 Å². The van der Waals surface area contributed by atoms with Crippen LogP contribution in [0, 0.1) is 0 Å². The van der Waals surface area contributed by atoms with Gasteiger partial charge in [-0.2, -0.15) is 0 Å². The van der Waals surface area contributed by atoms with Gasteiger partial charge in [0.05, 0.1) is 24.6 Å². The highest BCUT2D eigenvalue weighted by Gasteiger charge is 2.17. The van der Waals surface area contributed by atoms with Gasteiger partial charge in [0.1, 0.15) is 0 Å². The highest BCUT2D eigenvalue weighted by molar-refractivity contribution is 5.94.